The van der Waals surface area contributed by atoms with E-state index in [0.29, 0.717) is 0 Å². The van der Waals surface area contributed by atoms with Crippen LogP contribution in [0, 0.1) is 0 Å². The minimum Gasteiger partial charge on any atom is -0.366 e. The SMILES string of the molecule is C1=NC(NCc2ccccc2)=CC1. The molecule has 0 spiro atoms. The molecule has 1 aliphatic heterocycles. The molecule has 0 unspecified atom stereocenters. The van der Waals surface area contributed by atoms with Crippen molar-refractivity contribution >= 4 is 6.21 Å². The number of aliphatic imine (C=N–C) groups is 1. The normalized spacial score (nSPS) is 14.3. The zero-order valence-electron chi connectivity index (χ0n) is 7.40. The van der Waals surface area contributed by atoms with E-state index in [0.717, 1.165) is 18.8 Å². The van der Waals surface area contributed by atoms with Crippen LogP contribution in [0.2, 0.25) is 0 Å². The predicted molar refractivity (Wildman–Crippen MR) is 54.5 cm³/mol. The van der Waals surface area contributed by atoms with Crippen LogP contribution in [0.1, 0.15) is 12.0 Å². The fourth-order valence-corrected chi connectivity index (χ4v) is 1.27. The van der Waals surface area contributed by atoms with E-state index in [1.807, 2.05) is 24.4 Å². The molecule has 66 valence electrons. The van der Waals surface area contributed by atoms with Gasteiger partial charge in [-0.15, -0.1) is 0 Å². The summed E-state index contributed by atoms with van der Waals surface area (Å²) in [6, 6.07) is 10.3. The molecule has 2 rings (SSSR count). The van der Waals surface area contributed by atoms with Crippen LogP contribution in [0.25, 0.3) is 0 Å². The molecule has 2 heteroatoms. The van der Waals surface area contributed by atoms with E-state index in [1.165, 1.54) is 5.56 Å². The standard InChI is InChI=1S/C11H12N2/c1-2-5-10(6-3-1)9-13-11-7-4-8-12-11/h1-3,5-8,13H,4,9H2. The molecule has 0 fully saturated rings. The Kier molecular flexibility index (Phi) is 2.41. The maximum Gasteiger partial charge on any atom is 0.122 e. The molecule has 0 aromatic heterocycles. The molecule has 0 aliphatic carbocycles. The Morgan fingerprint density at radius 1 is 1.23 bits per heavy atom. The minimum absolute atomic E-state index is 0.851. The second-order valence-electron chi connectivity index (χ2n) is 2.98. The van der Waals surface area contributed by atoms with Gasteiger partial charge in [-0.1, -0.05) is 30.3 Å². The quantitative estimate of drug-likeness (QED) is 0.741. The average Bonchev–Trinajstić information content (AvgIpc) is 2.69. The Labute approximate surface area is 78.0 Å². The van der Waals surface area contributed by atoms with Crippen molar-refractivity contribution in [2.75, 3.05) is 0 Å². The van der Waals surface area contributed by atoms with E-state index in [1.54, 1.807) is 0 Å². The van der Waals surface area contributed by atoms with Crippen LogP contribution >= 0.6 is 0 Å². The van der Waals surface area contributed by atoms with Crippen LogP contribution in [0.3, 0.4) is 0 Å². The first-order valence-corrected chi connectivity index (χ1v) is 4.45. The molecule has 2 nitrogen and oxygen atoms in total. The molecule has 1 heterocycles. The highest BCUT2D eigenvalue weighted by Gasteiger charge is 1.97. The van der Waals surface area contributed by atoms with E-state index >= 15 is 0 Å². The Balaban J connectivity index is 1.90. The molecule has 1 aromatic rings. The molecule has 0 saturated heterocycles. The van der Waals surface area contributed by atoms with Crippen LogP contribution < -0.4 is 5.32 Å². The second kappa shape index (κ2) is 3.90. The molecule has 1 aromatic carbocycles. The molecule has 13 heavy (non-hydrogen) atoms. The predicted octanol–water partition coefficient (Wildman–Crippen LogP) is 2.09. The summed E-state index contributed by atoms with van der Waals surface area (Å²) in [5, 5.41) is 3.26. The van der Waals surface area contributed by atoms with E-state index in [2.05, 4.69) is 28.5 Å². The molecule has 0 bridgehead atoms. The number of allylic oxidation sites excluding steroid dienone is 1. The third-order valence-electron chi connectivity index (χ3n) is 1.96. The van der Waals surface area contributed by atoms with Crippen molar-refractivity contribution < 1.29 is 0 Å². The first-order valence-electron chi connectivity index (χ1n) is 4.45. The molecule has 1 aliphatic rings. The van der Waals surface area contributed by atoms with Gasteiger partial charge in [-0.25, -0.2) is 4.99 Å². The highest BCUT2D eigenvalue weighted by molar-refractivity contribution is 5.64. The Bertz CT molecular complexity index is 325. The first-order chi connectivity index (χ1) is 6.45. The fraction of sp³-hybridized carbons (Fsp3) is 0.182. The molecule has 1 N–H and O–H groups in total. The number of nitrogens with one attached hydrogen (secondary N) is 1. The zero-order chi connectivity index (χ0) is 8.93. The van der Waals surface area contributed by atoms with Gasteiger partial charge in [0.1, 0.15) is 5.82 Å². The van der Waals surface area contributed by atoms with Crippen molar-refractivity contribution in [1.82, 2.24) is 5.32 Å². The average molecular weight is 172 g/mol. The van der Waals surface area contributed by atoms with E-state index < -0.39 is 0 Å². The van der Waals surface area contributed by atoms with Crippen LogP contribution in [0.15, 0.2) is 47.2 Å². The summed E-state index contributed by atoms with van der Waals surface area (Å²) in [5.41, 5.74) is 1.28. The lowest BCUT2D eigenvalue weighted by molar-refractivity contribution is 0.804. The number of benzene rings is 1. The van der Waals surface area contributed by atoms with Gasteiger partial charge in [-0.05, 0) is 11.6 Å². The summed E-state index contributed by atoms with van der Waals surface area (Å²) in [6.07, 6.45) is 4.95. The number of rotatable bonds is 3. The first kappa shape index (κ1) is 8.05. The van der Waals surface area contributed by atoms with Gasteiger partial charge in [-0.3, -0.25) is 0 Å². The third kappa shape index (κ3) is 2.18. The summed E-state index contributed by atoms with van der Waals surface area (Å²) in [4.78, 5) is 4.18. The highest BCUT2D eigenvalue weighted by Crippen LogP contribution is 2.03. The summed E-state index contributed by atoms with van der Waals surface area (Å²) < 4.78 is 0. The van der Waals surface area contributed by atoms with Gasteiger partial charge in [0.2, 0.25) is 0 Å². The molecular weight excluding hydrogens is 160 g/mol. The summed E-state index contributed by atoms with van der Waals surface area (Å²) >= 11 is 0. The van der Waals surface area contributed by atoms with E-state index in [9.17, 15) is 0 Å². The van der Waals surface area contributed by atoms with Gasteiger partial charge >= 0.3 is 0 Å². The molecular formula is C11H12N2. The van der Waals surface area contributed by atoms with Crippen LogP contribution in [-0.4, -0.2) is 6.21 Å². The molecule has 0 saturated carbocycles. The smallest absolute Gasteiger partial charge is 0.122 e. The van der Waals surface area contributed by atoms with Gasteiger partial charge in [0.15, 0.2) is 0 Å². The van der Waals surface area contributed by atoms with Gasteiger partial charge in [0.05, 0.1) is 0 Å². The lowest BCUT2D eigenvalue weighted by Crippen LogP contribution is -2.09. The van der Waals surface area contributed by atoms with E-state index in [-0.39, 0.29) is 0 Å². The van der Waals surface area contributed by atoms with Crippen LogP contribution in [0.4, 0.5) is 0 Å². The summed E-state index contributed by atoms with van der Waals surface area (Å²) in [7, 11) is 0. The molecule has 0 amide bonds. The fourth-order valence-electron chi connectivity index (χ4n) is 1.27. The summed E-state index contributed by atoms with van der Waals surface area (Å²) in [5.74, 6) is 0.990. The lowest BCUT2D eigenvalue weighted by atomic mass is 10.2. The van der Waals surface area contributed by atoms with E-state index in [4.69, 9.17) is 0 Å². The van der Waals surface area contributed by atoms with Gasteiger partial charge in [0, 0.05) is 19.2 Å². The topological polar surface area (TPSA) is 24.4 Å². The molecule has 0 atom stereocenters. The van der Waals surface area contributed by atoms with Crippen molar-refractivity contribution in [3.63, 3.8) is 0 Å². The molecule has 0 radical (unpaired) electrons. The van der Waals surface area contributed by atoms with Gasteiger partial charge in [0.25, 0.3) is 0 Å². The van der Waals surface area contributed by atoms with Gasteiger partial charge in [-0.2, -0.15) is 0 Å². The third-order valence-corrected chi connectivity index (χ3v) is 1.96. The lowest BCUT2D eigenvalue weighted by Gasteiger charge is -2.03. The Morgan fingerprint density at radius 3 is 2.77 bits per heavy atom. The maximum atomic E-state index is 4.18. The van der Waals surface area contributed by atoms with Crippen LogP contribution in [0.5, 0.6) is 0 Å². The maximum absolute atomic E-state index is 4.18. The minimum atomic E-state index is 0.851. The number of nitrogens with zero attached hydrogens (tertiary/aromatic N) is 1. The van der Waals surface area contributed by atoms with Crippen LogP contribution in [-0.2, 0) is 6.54 Å². The Morgan fingerprint density at radius 2 is 2.08 bits per heavy atom. The summed E-state index contributed by atoms with van der Waals surface area (Å²) in [6.45, 7) is 0.851. The van der Waals surface area contributed by atoms with Gasteiger partial charge < -0.3 is 5.32 Å². The highest BCUT2D eigenvalue weighted by atomic mass is 15.0. The monoisotopic (exact) mass is 172 g/mol. The number of hydrogen-bond acceptors (Lipinski definition) is 2. The van der Waals surface area contributed by atoms with Crippen molar-refractivity contribution in [3.05, 3.63) is 47.8 Å². The van der Waals surface area contributed by atoms with Crippen molar-refractivity contribution in [3.8, 4) is 0 Å². The second-order valence-corrected chi connectivity index (χ2v) is 2.98. The number of hydrogen-bond donors (Lipinski definition) is 1. The van der Waals surface area contributed by atoms with Crippen molar-refractivity contribution in [2.24, 2.45) is 4.99 Å². The largest absolute Gasteiger partial charge is 0.366 e. The van der Waals surface area contributed by atoms with Crippen molar-refractivity contribution in [2.45, 2.75) is 13.0 Å². The zero-order valence-corrected chi connectivity index (χ0v) is 7.40. The van der Waals surface area contributed by atoms with Crippen molar-refractivity contribution in [1.29, 1.82) is 0 Å². The Hall–Kier alpha value is -1.57.